The van der Waals surface area contributed by atoms with Crippen molar-refractivity contribution in [3.05, 3.63) is 62.3 Å². The van der Waals surface area contributed by atoms with Gasteiger partial charge in [0.2, 0.25) is 5.54 Å². The number of carbonyl (C=O) groups is 1. The molecule has 0 radical (unpaired) electrons. The van der Waals surface area contributed by atoms with E-state index < -0.39 is 11.5 Å². The van der Waals surface area contributed by atoms with Gasteiger partial charge in [0, 0.05) is 35.6 Å². The normalized spacial score (nSPS) is 12.7. The van der Waals surface area contributed by atoms with E-state index in [2.05, 4.69) is 0 Å². The minimum atomic E-state index is -1.22. The Labute approximate surface area is 139 Å². The van der Waals surface area contributed by atoms with Crippen molar-refractivity contribution in [1.29, 1.82) is 0 Å². The molecule has 2 aromatic rings. The predicted octanol–water partition coefficient (Wildman–Crippen LogP) is 4.17. The molecule has 0 fully saturated rings. The SMILES string of the molecule is COc1ccc(C(=O)CC(c2cccs2)C(C)(C)[N+](=O)[O-])cc1. The van der Waals surface area contributed by atoms with Gasteiger partial charge in [0.25, 0.3) is 0 Å². The van der Waals surface area contributed by atoms with Gasteiger partial charge in [0.15, 0.2) is 5.78 Å². The molecule has 0 spiro atoms. The van der Waals surface area contributed by atoms with Gasteiger partial charge in [-0.1, -0.05) is 6.07 Å². The third-order valence-electron chi connectivity index (χ3n) is 4.01. The largest absolute Gasteiger partial charge is 0.497 e. The van der Waals surface area contributed by atoms with Crippen LogP contribution in [0.1, 0.15) is 41.4 Å². The van der Waals surface area contributed by atoms with Crippen LogP contribution >= 0.6 is 11.3 Å². The van der Waals surface area contributed by atoms with Gasteiger partial charge in [-0.05, 0) is 35.7 Å². The maximum absolute atomic E-state index is 12.6. The number of ether oxygens (including phenoxy) is 1. The Hall–Kier alpha value is -2.21. The average molecular weight is 333 g/mol. The molecule has 1 unspecified atom stereocenters. The summed E-state index contributed by atoms with van der Waals surface area (Å²) in [6.45, 7) is 3.14. The Balaban J connectivity index is 2.27. The van der Waals surface area contributed by atoms with Crippen molar-refractivity contribution in [3.63, 3.8) is 0 Å². The summed E-state index contributed by atoms with van der Waals surface area (Å²) in [4.78, 5) is 24.6. The molecule has 0 bridgehead atoms. The summed E-state index contributed by atoms with van der Waals surface area (Å²) in [5.74, 6) is 0.0926. The molecule has 1 atom stereocenters. The Kier molecular flexibility index (Phi) is 5.15. The maximum Gasteiger partial charge on any atom is 0.224 e. The van der Waals surface area contributed by atoms with E-state index in [1.807, 2.05) is 17.5 Å². The molecule has 1 aromatic carbocycles. The van der Waals surface area contributed by atoms with Gasteiger partial charge >= 0.3 is 0 Å². The van der Waals surface area contributed by atoms with E-state index in [0.717, 1.165) is 4.88 Å². The first-order chi connectivity index (χ1) is 10.9. The molecule has 0 aliphatic carbocycles. The van der Waals surface area contributed by atoms with Crippen LogP contribution in [0, 0.1) is 10.1 Å². The topological polar surface area (TPSA) is 69.4 Å². The van der Waals surface area contributed by atoms with Crippen LogP contribution in [0.5, 0.6) is 5.75 Å². The molecule has 0 aliphatic heterocycles. The summed E-state index contributed by atoms with van der Waals surface area (Å²) in [5, 5.41) is 13.3. The lowest BCUT2D eigenvalue weighted by Crippen LogP contribution is -2.38. The van der Waals surface area contributed by atoms with Gasteiger partial charge in [0.1, 0.15) is 5.75 Å². The second-order valence-corrected chi connectivity index (χ2v) is 6.81. The number of carbonyl (C=O) groups excluding carboxylic acids is 1. The Morgan fingerprint density at radius 1 is 1.30 bits per heavy atom. The molecule has 0 amide bonds. The Morgan fingerprint density at radius 2 is 1.96 bits per heavy atom. The predicted molar refractivity (Wildman–Crippen MR) is 90.1 cm³/mol. The molecule has 1 aromatic heterocycles. The summed E-state index contributed by atoms with van der Waals surface area (Å²) in [6, 6.07) is 10.5. The van der Waals surface area contributed by atoms with Crippen LogP contribution < -0.4 is 4.74 Å². The van der Waals surface area contributed by atoms with Crippen molar-refractivity contribution in [3.8, 4) is 5.75 Å². The highest BCUT2D eigenvalue weighted by Crippen LogP contribution is 2.37. The van der Waals surface area contributed by atoms with E-state index in [0.29, 0.717) is 11.3 Å². The minimum Gasteiger partial charge on any atom is -0.497 e. The van der Waals surface area contributed by atoms with Crippen LogP contribution in [-0.2, 0) is 0 Å². The Morgan fingerprint density at radius 3 is 2.43 bits per heavy atom. The van der Waals surface area contributed by atoms with Gasteiger partial charge in [-0.25, -0.2) is 0 Å². The van der Waals surface area contributed by atoms with Gasteiger partial charge in [0.05, 0.1) is 13.0 Å². The lowest BCUT2D eigenvalue weighted by molar-refractivity contribution is -0.565. The first-order valence-corrected chi connectivity index (χ1v) is 8.09. The lowest BCUT2D eigenvalue weighted by Gasteiger charge is -2.25. The molecule has 2 rings (SSSR count). The van der Waals surface area contributed by atoms with Gasteiger partial charge in [-0.2, -0.15) is 0 Å². The van der Waals surface area contributed by atoms with Crippen molar-refractivity contribution < 1.29 is 14.5 Å². The molecular weight excluding hydrogens is 314 g/mol. The van der Waals surface area contributed by atoms with E-state index in [1.54, 1.807) is 45.2 Å². The van der Waals surface area contributed by atoms with Crippen molar-refractivity contribution in [2.24, 2.45) is 0 Å². The summed E-state index contributed by atoms with van der Waals surface area (Å²) in [7, 11) is 1.56. The summed E-state index contributed by atoms with van der Waals surface area (Å²) >= 11 is 1.44. The van der Waals surface area contributed by atoms with Gasteiger partial charge < -0.3 is 4.74 Å². The van der Waals surface area contributed by atoms with E-state index in [4.69, 9.17) is 4.74 Å². The monoisotopic (exact) mass is 333 g/mol. The zero-order valence-electron chi connectivity index (χ0n) is 13.3. The second-order valence-electron chi connectivity index (χ2n) is 5.83. The number of benzene rings is 1. The third-order valence-corrected chi connectivity index (χ3v) is 5.00. The highest BCUT2D eigenvalue weighted by atomic mass is 32.1. The van der Waals surface area contributed by atoms with Crippen molar-refractivity contribution in [2.45, 2.75) is 31.7 Å². The fourth-order valence-corrected chi connectivity index (χ4v) is 3.40. The van der Waals surface area contributed by atoms with Crippen molar-refractivity contribution in [2.75, 3.05) is 7.11 Å². The van der Waals surface area contributed by atoms with Crippen molar-refractivity contribution >= 4 is 17.1 Å². The number of ketones is 1. The van der Waals surface area contributed by atoms with E-state index in [-0.39, 0.29) is 17.1 Å². The van der Waals surface area contributed by atoms with E-state index in [1.165, 1.54) is 11.3 Å². The maximum atomic E-state index is 12.6. The zero-order chi connectivity index (χ0) is 17.0. The molecule has 6 heteroatoms. The molecular formula is C17H19NO4S. The molecule has 5 nitrogen and oxygen atoms in total. The fourth-order valence-electron chi connectivity index (χ4n) is 2.40. The van der Waals surface area contributed by atoms with E-state index >= 15 is 0 Å². The first-order valence-electron chi connectivity index (χ1n) is 7.21. The van der Waals surface area contributed by atoms with E-state index in [9.17, 15) is 14.9 Å². The molecule has 122 valence electrons. The van der Waals surface area contributed by atoms with Crippen LogP contribution in [0.3, 0.4) is 0 Å². The van der Waals surface area contributed by atoms with Crippen LogP contribution in [0.25, 0.3) is 0 Å². The molecule has 0 saturated heterocycles. The van der Waals surface area contributed by atoms with Crippen molar-refractivity contribution in [1.82, 2.24) is 0 Å². The number of rotatable bonds is 7. The number of thiophene rings is 1. The molecule has 23 heavy (non-hydrogen) atoms. The number of Topliss-reactive ketones (excluding diaryl/α,β-unsaturated/α-hetero) is 1. The highest BCUT2D eigenvalue weighted by molar-refractivity contribution is 7.10. The quantitative estimate of drug-likeness (QED) is 0.433. The Bertz CT molecular complexity index is 677. The summed E-state index contributed by atoms with van der Waals surface area (Å²) < 4.78 is 5.08. The van der Waals surface area contributed by atoms with Gasteiger partial charge in [-0.15, -0.1) is 11.3 Å². The zero-order valence-corrected chi connectivity index (χ0v) is 14.1. The standard InChI is InChI=1S/C17H19NO4S/c1-17(2,18(20)21)14(16-5-4-10-23-16)11-15(19)12-6-8-13(22-3)9-7-12/h4-10,14H,11H2,1-3H3. The van der Waals surface area contributed by atoms with Crippen LogP contribution in [0.2, 0.25) is 0 Å². The lowest BCUT2D eigenvalue weighted by atomic mass is 9.82. The first kappa shape index (κ1) is 17.1. The molecule has 0 aliphatic rings. The third kappa shape index (κ3) is 3.76. The summed E-state index contributed by atoms with van der Waals surface area (Å²) in [5.41, 5.74) is -0.681. The number of nitro groups is 1. The number of hydrogen-bond donors (Lipinski definition) is 0. The smallest absolute Gasteiger partial charge is 0.224 e. The highest BCUT2D eigenvalue weighted by Gasteiger charge is 2.43. The number of hydrogen-bond acceptors (Lipinski definition) is 5. The average Bonchev–Trinajstić information content (AvgIpc) is 3.06. The number of nitrogens with zero attached hydrogens (tertiary/aromatic N) is 1. The summed E-state index contributed by atoms with van der Waals surface area (Å²) in [6.07, 6.45) is 0.0980. The van der Waals surface area contributed by atoms with Crippen LogP contribution in [0.15, 0.2) is 41.8 Å². The van der Waals surface area contributed by atoms with Crippen LogP contribution in [0.4, 0.5) is 0 Å². The van der Waals surface area contributed by atoms with Crippen LogP contribution in [-0.4, -0.2) is 23.4 Å². The fraction of sp³-hybridized carbons (Fsp3) is 0.353. The number of methoxy groups -OCH3 is 1. The van der Waals surface area contributed by atoms with Gasteiger partial charge in [-0.3, -0.25) is 14.9 Å². The second kappa shape index (κ2) is 6.91. The molecule has 0 saturated carbocycles. The molecule has 1 heterocycles. The molecule has 0 N–H and O–H groups in total. The minimum absolute atomic E-state index is 0.0980.